The van der Waals surface area contributed by atoms with E-state index in [9.17, 15) is 8.42 Å². The number of primary sulfonamides is 1. The number of furan rings is 1. The molecule has 1 heterocycles. The first kappa shape index (κ1) is 14.2. The van der Waals surface area contributed by atoms with Gasteiger partial charge in [-0.1, -0.05) is 23.2 Å². The molecule has 8 heteroatoms. The second-order valence-corrected chi connectivity index (χ2v) is 6.05. The highest BCUT2D eigenvalue weighted by Crippen LogP contribution is 2.25. The lowest BCUT2D eigenvalue weighted by Gasteiger charge is -2.05. The van der Waals surface area contributed by atoms with Crippen molar-refractivity contribution in [2.75, 3.05) is 5.32 Å². The summed E-state index contributed by atoms with van der Waals surface area (Å²) >= 11 is 11.7. The summed E-state index contributed by atoms with van der Waals surface area (Å²) in [4.78, 5) is 0. The van der Waals surface area contributed by atoms with Crippen LogP contribution in [0.5, 0.6) is 0 Å². The Morgan fingerprint density at radius 2 is 1.89 bits per heavy atom. The monoisotopic (exact) mass is 320 g/mol. The van der Waals surface area contributed by atoms with Gasteiger partial charge in [-0.3, -0.25) is 0 Å². The van der Waals surface area contributed by atoms with E-state index in [-0.39, 0.29) is 5.09 Å². The van der Waals surface area contributed by atoms with Crippen LogP contribution >= 0.6 is 23.2 Å². The SMILES string of the molecule is NS(=O)(=O)c1ccc(CNc2ccc(Cl)c(Cl)c2)o1. The van der Waals surface area contributed by atoms with Gasteiger partial charge in [-0.15, -0.1) is 0 Å². The summed E-state index contributed by atoms with van der Waals surface area (Å²) < 4.78 is 27.2. The smallest absolute Gasteiger partial charge is 0.271 e. The van der Waals surface area contributed by atoms with Crippen LogP contribution < -0.4 is 10.5 Å². The maximum absolute atomic E-state index is 11.0. The second kappa shape index (κ2) is 5.42. The minimum Gasteiger partial charge on any atom is -0.446 e. The fourth-order valence-corrected chi connectivity index (χ4v) is 2.18. The fourth-order valence-electron chi connectivity index (χ4n) is 1.40. The molecule has 0 fully saturated rings. The zero-order valence-electron chi connectivity index (χ0n) is 9.56. The first-order valence-electron chi connectivity index (χ1n) is 5.17. The molecule has 102 valence electrons. The van der Waals surface area contributed by atoms with Gasteiger partial charge in [0.25, 0.3) is 10.0 Å². The Labute approximate surface area is 120 Å². The summed E-state index contributed by atoms with van der Waals surface area (Å²) in [5.41, 5.74) is 0.739. The van der Waals surface area contributed by atoms with Gasteiger partial charge in [-0.2, -0.15) is 0 Å². The minimum atomic E-state index is -3.81. The molecule has 0 aliphatic heterocycles. The van der Waals surface area contributed by atoms with Gasteiger partial charge < -0.3 is 9.73 Å². The third kappa shape index (κ3) is 3.63. The molecule has 0 bridgehead atoms. The van der Waals surface area contributed by atoms with E-state index in [2.05, 4.69) is 5.32 Å². The number of hydrogen-bond donors (Lipinski definition) is 2. The first-order chi connectivity index (χ1) is 8.86. The van der Waals surface area contributed by atoms with Gasteiger partial charge in [0.05, 0.1) is 16.6 Å². The van der Waals surface area contributed by atoms with Crippen molar-refractivity contribution in [1.82, 2.24) is 0 Å². The maximum atomic E-state index is 11.0. The number of benzene rings is 1. The Morgan fingerprint density at radius 1 is 1.16 bits per heavy atom. The van der Waals surface area contributed by atoms with E-state index >= 15 is 0 Å². The lowest BCUT2D eigenvalue weighted by Crippen LogP contribution is -2.10. The Kier molecular flexibility index (Phi) is 4.05. The Morgan fingerprint density at radius 3 is 2.47 bits per heavy atom. The van der Waals surface area contributed by atoms with Crippen LogP contribution in [0.4, 0.5) is 5.69 Å². The second-order valence-electron chi connectivity index (χ2n) is 3.75. The number of halogens is 2. The van der Waals surface area contributed by atoms with Crippen LogP contribution in [0.1, 0.15) is 5.76 Å². The largest absolute Gasteiger partial charge is 0.446 e. The lowest BCUT2D eigenvalue weighted by atomic mass is 10.3. The van der Waals surface area contributed by atoms with Gasteiger partial charge in [0.2, 0.25) is 5.09 Å². The molecule has 19 heavy (non-hydrogen) atoms. The van der Waals surface area contributed by atoms with E-state index in [4.69, 9.17) is 32.8 Å². The summed E-state index contributed by atoms with van der Waals surface area (Å²) in [7, 11) is -3.81. The molecule has 2 aromatic rings. The molecule has 0 aliphatic carbocycles. The molecular weight excluding hydrogens is 311 g/mol. The Balaban J connectivity index is 2.06. The number of rotatable bonds is 4. The van der Waals surface area contributed by atoms with Crippen LogP contribution in [0, 0.1) is 0 Å². The van der Waals surface area contributed by atoms with Gasteiger partial charge in [0.1, 0.15) is 5.76 Å². The van der Waals surface area contributed by atoms with E-state index in [1.54, 1.807) is 18.2 Å². The normalized spacial score (nSPS) is 11.5. The zero-order chi connectivity index (χ0) is 14.0. The third-order valence-corrected chi connectivity index (χ3v) is 3.82. The summed E-state index contributed by atoms with van der Waals surface area (Å²) in [6.45, 7) is 0.299. The molecule has 0 amide bonds. The van der Waals surface area contributed by atoms with Crippen LogP contribution in [0.2, 0.25) is 10.0 Å². The van der Waals surface area contributed by atoms with Crippen LogP contribution in [0.3, 0.4) is 0 Å². The van der Waals surface area contributed by atoms with E-state index in [0.29, 0.717) is 22.4 Å². The molecule has 2 rings (SSSR count). The van der Waals surface area contributed by atoms with Crippen LogP contribution in [0.25, 0.3) is 0 Å². The van der Waals surface area contributed by atoms with E-state index < -0.39 is 10.0 Å². The highest BCUT2D eigenvalue weighted by molar-refractivity contribution is 7.89. The Bertz CT molecular complexity index is 698. The van der Waals surface area contributed by atoms with Crippen molar-refractivity contribution in [2.45, 2.75) is 11.6 Å². The molecule has 1 aromatic heterocycles. The molecule has 0 saturated carbocycles. The summed E-state index contributed by atoms with van der Waals surface area (Å²) in [5.74, 6) is 0.440. The molecule has 0 atom stereocenters. The van der Waals surface area contributed by atoms with Crippen LogP contribution in [0.15, 0.2) is 39.8 Å². The lowest BCUT2D eigenvalue weighted by molar-refractivity contribution is 0.419. The topological polar surface area (TPSA) is 85.3 Å². The molecule has 3 N–H and O–H groups in total. The molecule has 0 aliphatic rings. The number of anilines is 1. The average Bonchev–Trinajstić information content (AvgIpc) is 2.79. The molecule has 0 spiro atoms. The van der Waals surface area contributed by atoms with Gasteiger partial charge in [0.15, 0.2) is 0 Å². The molecule has 1 aromatic carbocycles. The van der Waals surface area contributed by atoms with Crippen LogP contribution in [-0.2, 0) is 16.6 Å². The number of nitrogens with one attached hydrogen (secondary N) is 1. The van der Waals surface area contributed by atoms with Gasteiger partial charge in [-0.25, -0.2) is 13.6 Å². The third-order valence-electron chi connectivity index (χ3n) is 2.30. The van der Waals surface area contributed by atoms with Crippen molar-refractivity contribution >= 4 is 38.9 Å². The first-order valence-corrected chi connectivity index (χ1v) is 7.47. The van der Waals surface area contributed by atoms with Gasteiger partial charge in [-0.05, 0) is 30.3 Å². The van der Waals surface area contributed by atoms with Crippen molar-refractivity contribution in [3.05, 3.63) is 46.1 Å². The van der Waals surface area contributed by atoms with Gasteiger partial charge >= 0.3 is 0 Å². The van der Waals surface area contributed by atoms with E-state index in [1.165, 1.54) is 12.1 Å². The fraction of sp³-hybridized carbons (Fsp3) is 0.0909. The predicted molar refractivity (Wildman–Crippen MR) is 73.9 cm³/mol. The quantitative estimate of drug-likeness (QED) is 0.907. The molecule has 0 saturated heterocycles. The van der Waals surface area contributed by atoms with E-state index in [1.807, 2.05) is 0 Å². The highest BCUT2D eigenvalue weighted by atomic mass is 35.5. The Hall–Kier alpha value is -1.21. The highest BCUT2D eigenvalue weighted by Gasteiger charge is 2.12. The average molecular weight is 321 g/mol. The summed E-state index contributed by atoms with van der Waals surface area (Å²) in [6.07, 6.45) is 0. The molecule has 0 radical (unpaired) electrons. The van der Waals surface area contributed by atoms with Crippen LogP contribution in [-0.4, -0.2) is 8.42 Å². The van der Waals surface area contributed by atoms with Crippen molar-refractivity contribution < 1.29 is 12.8 Å². The number of sulfonamides is 1. The molecule has 0 unspecified atom stereocenters. The van der Waals surface area contributed by atoms with Crippen molar-refractivity contribution in [1.29, 1.82) is 0 Å². The standard InChI is InChI=1S/C11H10Cl2N2O3S/c12-9-3-1-7(5-10(9)13)15-6-8-2-4-11(18-8)19(14,16)17/h1-5,15H,6H2,(H2,14,16,17). The number of nitrogens with two attached hydrogens (primary N) is 1. The predicted octanol–water partition coefficient (Wildman–Crippen LogP) is 2.85. The van der Waals surface area contributed by atoms with Crippen molar-refractivity contribution in [3.8, 4) is 0 Å². The summed E-state index contributed by atoms with van der Waals surface area (Å²) in [6, 6.07) is 7.90. The van der Waals surface area contributed by atoms with Gasteiger partial charge in [0, 0.05) is 5.69 Å². The molecule has 5 nitrogen and oxygen atoms in total. The van der Waals surface area contributed by atoms with Crippen molar-refractivity contribution in [2.24, 2.45) is 5.14 Å². The van der Waals surface area contributed by atoms with E-state index in [0.717, 1.165) is 5.69 Å². The maximum Gasteiger partial charge on any atom is 0.271 e. The summed E-state index contributed by atoms with van der Waals surface area (Å²) in [5, 5.41) is 8.58. The molecular formula is C11H10Cl2N2O3S. The minimum absolute atomic E-state index is 0.265. The van der Waals surface area contributed by atoms with Crippen molar-refractivity contribution in [3.63, 3.8) is 0 Å². The zero-order valence-corrected chi connectivity index (χ0v) is 11.9. The number of hydrogen-bond acceptors (Lipinski definition) is 4.